The molecule has 4 heteroatoms. The summed E-state index contributed by atoms with van der Waals surface area (Å²) in [4.78, 5) is 28.1. The first-order valence-electron chi connectivity index (χ1n) is 12.0. The van der Waals surface area contributed by atoms with Crippen molar-refractivity contribution < 1.29 is 14.3 Å². The molecule has 0 bridgehead atoms. The molecule has 2 aliphatic heterocycles. The second kappa shape index (κ2) is 8.72. The van der Waals surface area contributed by atoms with Crippen LogP contribution in [-0.4, -0.2) is 35.3 Å². The van der Waals surface area contributed by atoms with Gasteiger partial charge in [0, 0.05) is 31.8 Å². The Morgan fingerprint density at radius 2 is 1.83 bits per heavy atom. The molecule has 0 atom stereocenters. The Hall–Kier alpha value is -1.84. The summed E-state index contributed by atoms with van der Waals surface area (Å²) < 4.78 is 6.46. The average molecular weight is 412 g/mol. The van der Waals surface area contributed by atoms with E-state index in [0.717, 1.165) is 54.0 Å². The average Bonchev–Trinajstić information content (AvgIpc) is 2.72. The van der Waals surface area contributed by atoms with E-state index in [-0.39, 0.29) is 11.7 Å². The monoisotopic (exact) mass is 411 g/mol. The molecule has 1 aromatic rings. The summed E-state index contributed by atoms with van der Waals surface area (Å²) in [5.74, 6) is 2.31. The van der Waals surface area contributed by atoms with Gasteiger partial charge in [0.05, 0.1) is 12.0 Å². The molecule has 3 aliphatic rings. The largest absolute Gasteiger partial charge is 0.486 e. The van der Waals surface area contributed by atoms with E-state index in [1.807, 2.05) is 24.8 Å². The van der Waals surface area contributed by atoms with Crippen LogP contribution in [0, 0.1) is 25.7 Å². The Balaban J connectivity index is 1.35. The third-order valence-corrected chi connectivity index (χ3v) is 7.68. The van der Waals surface area contributed by atoms with Gasteiger partial charge in [0.25, 0.3) is 0 Å². The Kier molecular flexibility index (Phi) is 6.22. The molecule has 4 nitrogen and oxygen atoms in total. The van der Waals surface area contributed by atoms with Crippen molar-refractivity contribution in [3.63, 3.8) is 0 Å². The van der Waals surface area contributed by atoms with E-state index in [4.69, 9.17) is 4.74 Å². The molecule has 1 amide bonds. The lowest BCUT2D eigenvalue weighted by Gasteiger charge is -2.45. The Morgan fingerprint density at radius 3 is 2.50 bits per heavy atom. The van der Waals surface area contributed by atoms with Crippen LogP contribution in [0.2, 0.25) is 0 Å². The number of unbranched alkanes of at least 4 members (excludes halogenated alkanes) is 1. The number of fused-ring (bicyclic) bond motifs is 1. The molecular formula is C26H37NO3. The van der Waals surface area contributed by atoms with Gasteiger partial charge in [0.1, 0.15) is 11.4 Å². The van der Waals surface area contributed by atoms with Gasteiger partial charge in [-0.25, -0.2) is 0 Å². The van der Waals surface area contributed by atoms with Crippen molar-refractivity contribution in [3.8, 4) is 5.75 Å². The van der Waals surface area contributed by atoms with Crippen molar-refractivity contribution in [2.24, 2.45) is 11.8 Å². The molecule has 0 aromatic heterocycles. The number of hydrogen-bond donors (Lipinski definition) is 0. The van der Waals surface area contributed by atoms with Crippen LogP contribution in [0.3, 0.4) is 0 Å². The molecule has 0 unspecified atom stereocenters. The first-order chi connectivity index (χ1) is 14.4. The van der Waals surface area contributed by atoms with Gasteiger partial charge in [0.2, 0.25) is 5.91 Å². The van der Waals surface area contributed by atoms with E-state index in [0.29, 0.717) is 25.4 Å². The first kappa shape index (κ1) is 21.4. The number of amides is 1. The normalized spacial score (nSPS) is 25.7. The van der Waals surface area contributed by atoms with E-state index < -0.39 is 5.60 Å². The Bertz CT molecular complexity index is 799. The minimum absolute atomic E-state index is 0.193. The first-order valence-corrected chi connectivity index (χ1v) is 12.0. The van der Waals surface area contributed by atoms with Crippen LogP contribution in [0.1, 0.15) is 92.6 Å². The van der Waals surface area contributed by atoms with E-state index in [2.05, 4.69) is 13.0 Å². The van der Waals surface area contributed by atoms with Crippen LogP contribution in [0.15, 0.2) is 12.1 Å². The molecule has 0 N–H and O–H groups in total. The number of likely N-dealkylation sites (tertiary alicyclic amines) is 1. The summed E-state index contributed by atoms with van der Waals surface area (Å²) in [7, 11) is 0. The van der Waals surface area contributed by atoms with E-state index in [9.17, 15) is 9.59 Å². The summed E-state index contributed by atoms with van der Waals surface area (Å²) in [6, 6.07) is 4.05. The molecule has 30 heavy (non-hydrogen) atoms. The van der Waals surface area contributed by atoms with E-state index in [1.165, 1.54) is 32.1 Å². The highest BCUT2D eigenvalue weighted by Gasteiger charge is 2.44. The van der Waals surface area contributed by atoms with Gasteiger partial charge in [-0.3, -0.25) is 9.59 Å². The summed E-state index contributed by atoms with van der Waals surface area (Å²) in [5, 5.41) is 0. The third-order valence-electron chi connectivity index (χ3n) is 7.68. The summed E-state index contributed by atoms with van der Waals surface area (Å²) >= 11 is 0. The summed E-state index contributed by atoms with van der Waals surface area (Å²) in [6.07, 6.45) is 10.4. The molecule has 0 radical (unpaired) electrons. The molecule has 1 spiro atoms. The number of benzene rings is 1. The fraction of sp³-hybridized carbons (Fsp3) is 0.692. The van der Waals surface area contributed by atoms with Gasteiger partial charge in [-0.2, -0.15) is 0 Å². The lowest BCUT2D eigenvalue weighted by Crippen LogP contribution is -2.53. The smallest absolute Gasteiger partial charge is 0.225 e. The van der Waals surface area contributed by atoms with Crippen LogP contribution in [-0.2, 0) is 4.79 Å². The molecule has 164 valence electrons. The van der Waals surface area contributed by atoms with Crippen LogP contribution in [0.4, 0.5) is 0 Å². The number of carbonyl (C=O) groups excluding carboxylic acids is 2. The van der Waals surface area contributed by atoms with Gasteiger partial charge >= 0.3 is 0 Å². The molecule has 1 saturated carbocycles. The fourth-order valence-electron chi connectivity index (χ4n) is 5.88. The van der Waals surface area contributed by atoms with Crippen LogP contribution < -0.4 is 4.74 Å². The number of hydrogen-bond acceptors (Lipinski definition) is 3. The van der Waals surface area contributed by atoms with E-state index >= 15 is 0 Å². The molecular weight excluding hydrogens is 374 g/mol. The molecule has 1 saturated heterocycles. The standard InChI is InChI=1S/C26H37NO3/c1-4-5-6-20-7-9-21(10-8-20)25(29)27-13-11-26(12-14-27)17-22(28)24-19(3)15-18(2)16-23(24)30-26/h15-16,20-21H,4-14,17H2,1-3H3. The van der Waals surface area contributed by atoms with Crippen LogP contribution in [0.5, 0.6) is 5.75 Å². The number of piperidine rings is 1. The number of aryl methyl sites for hydroxylation is 2. The lowest BCUT2D eigenvalue weighted by atomic mass is 9.78. The Morgan fingerprint density at radius 1 is 1.13 bits per heavy atom. The van der Waals surface area contributed by atoms with Gasteiger partial charge in [-0.1, -0.05) is 32.3 Å². The van der Waals surface area contributed by atoms with Crippen LogP contribution >= 0.6 is 0 Å². The zero-order chi connectivity index (χ0) is 21.3. The van der Waals surface area contributed by atoms with Crippen molar-refractivity contribution in [3.05, 3.63) is 28.8 Å². The van der Waals surface area contributed by atoms with Crippen LogP contribution in [0.25, 0.3) is 0 Å². The Labute approximate surface area is 181 Å². The highest BCUT2D eigenvalue weighted by atomic mass is 16.5. The predicted molar refractivity (Wildman–Crippen MR) is 119 cm³/mol. The topological polar surface area (TPSA) is 46.6 Å². The van der Waals surface area contributed by atoms with Gasteiger partial charge in [-0.05, 0) is 62.6 Å². The second-order valence-corrected chi connectivity index (χ2v) is 10.0. The van der Waals surface area contributed by atoms with Crippen molar-refractivity contribution in [1.82, 2.24) is 4.90 Å². The molecule has 1 aliphatic carbocycles. The maximum absolute atomic E-state index is 13.1. The minimum Gasteiger partial charge on any atom is -0.486 e. The van der Waals surface area contributed by atoms with Crippen molar-refractivity contribution >= 4 is 11.7 Å². The van der Waals surface area contributed by atoms with E-state index in [1.54, 1.807) is 0 Å². The zero-order valence-electron chi connectivity index (χ0n) is 19.0. The number of ketones is 1. The fourth-order valence-corrected chi connectivity index (χ4v) is 5.88. The summed E-state index contributed by atoms with van der Waals surface area (Å²) in [6.45, 7) is 7.71. The molecule has 1 aromatic carbocycles. The maximum Gasteiger partial charge on any atom is 0.225 e. The highest BCUT2D eigenvalue weighted by Crippen LogP contribution is 2.41. The van der Waals surface area contributed by atoms with Crippen molar-refractivity contribution in [2.45, 2.75) is 90.6 Å². The van der Waals surface area contributed by atoms with Crippen molar-refractivity contribution in [1.29, 1.82) is 0 Å². The molecule has 4 rings (SSSR count). The van der Waals surface area contributed by atoms with Gasteiger partial charge < -0.3 is 9.64 Å². The highest BCUT2D eigenvalue weighted by molar-refractivity contribution is 6.01. The predicted octanol–water partition coefficient (Wildman–Crippen LogP) is 5.63. The van der Waals surface area contributed by atoms with Gasteiger partial charge in [-0.15, -0.1) is 0 Å². The van der Waals surface area contributed by atoms with Gasteiger partial charge in [0.15, 0.2) is 5.78 Å². The number of nitrogens with zero attached hydrogens (tertiary/aromatic N) is 1. The van der Waals surface area contributed by atoms with Crippen molar-refractivity contribution in [2.75, 3.05) is 13.1 Å². The number of carbonyl (C=O) groups is 2. The zero-order valence-corrected chi connectivity index (χ0v) is 19.0. The number of ether oxygens (including phenoxy) is 1. The number of Topliss-reactive ketones (excluding diaryl/α,β-unsaturated/α-hetero) is 1. The minimum atomic E-state index is -0.432. The maximum atomic E-state index is 13.1. The molecule has 2 heterocycles. The quantitative estimate of drug-likeness (QED) is 0.645. The third kappa shape index (κ3) is 4.29. The molecule has 2 fully saturated rings. The lowest BCUT2D eigenvalue weighted by molar-refractivity contribution is -0.140. The number of rotatable bonds is 4. The second-order valence-electron chi connectivity index (χ2n) is 10.0. The summed E-state index contributed by atoms with van der Waals surface area (Å²) in [5.41, 5.74) is 2.45. The SMILES string of the molecule is CCCCC1CCC(C(=O)N2CCC3(CC2)CC(=O)c2c(C)cc(C)cc2O3)CC1.